The normalized spacial score (nSPS) is 22.2. The Morgan fingerprint density at radius 1 is 0.912 bits per heavy atom. The zero-order valence-electron chi connectivity index (χ0n) is 21.1. The number of hydrogen-bond donors (Lipinski definition) is 0. The molecule has 4 rings (SSSR count). The number of allylic oxidation sites excluding steroid dienone is 4. The molecule has 0 fully saturated rings. The van der Waals surface area contributed by atoms with Crippen LogP contribution in [0.15, 0.2) is 34.7 Å². The first-order valence-electron chi connectivity index (χ1n) is 12.3. The van der Waals surface area contributed by atoms with Crippen molar-refractivity contribution in [1.29, 1.82) is 0 Å². The van der Waals surface area contributed by atoms with Gasteiger partial charge in [-0.15, -0.1) is 0 Å². The summed E-state index contributed by atoms with van der Waals surface area (Å²) in [7, 11) is 0. The van der Waals surface area contributed by atoms with Crippen LogP contribution in [-0.4, -0.2) is 29.6 Å². The topological polar surface area (TPSA) is 46.6 Å². The highest BCUT2D eigenvalue weighted by atomic mass is 35.5. The predicted molar refractivity (Wildman–Crippen MR) is 137 cm³/mol. The molecule has 1 aromatic rings. The average molecular weight is 504 g/mol. The molecular formula is C28H35Cl2NO3. The molecule has 0 radical (unpaired) electrons. The molecule has 2 aliphatic carbocycles. The van der Waals surface area contributed by atoms with Crippen LogP contribution in [0.4, 0.5) is 0 Å². The molecule has 6 heteroatoms. The average Bonchev–Trinajstić information content (AvgIpc) is 2.69. The first kappa shape index (κ1) is 25.3. The molecule has 184 valence electrons. The molecule has 0 unspecified atom stereocenters. The third-order valence-corrected chi connectivity index (χ3v) is 7.64. The summed E-state index contributed by atoms with van der Waals surface area (Å²) in [5, 5.41) is 0.878. The Morgan fingerprint density at radius 3 is 1.91 bits per heavy atom. The van der Waals surface area contributed by atoms with E-state index in [1.807, 2.05) is 13.0 Å². The van der Waals surface area contributed by atoms with Crippen molar-refractivity contribution in [3.63, 3.8) is 0 Å². The zero-order valence-corrected chi connectivity index (χ0v) is 22.6. The second-order valence-corrected chi connectivity index (χ2v) is 12.3. The standard InChI is InChI=1S/C28H35Cl2NO3/c1-7-9-34-26-17(10-16(29)11-18(26)30)23-24-19(12-27(3,4)14-21(24)32)31(8-2)20-13-28(5,6)15-22(33)25(20)23/h10-11,23H,7-9,12-15H2,1-6H3. The maximum atomic E-state index is 13.8. The van der Waals surface area contributed by atoms with Crippen LogP contribution >= 0.6 is 23.2 Å². The van der Waals surface area contributed by atoms with E-state index in [0.717, 1.165) is 36.2 Å². The number of Topliss-reactive ketones (excluding diaryl/α,β-unsaturated/α-hetero) is 2. The van der Waals surface area contributed by atoms with E-state index in [9.17, 15) is 9.59 Å². The van der Waals surface area contributed by atoms with Crippen LogP contribution in [0.25, 0.3) is 0 Å². The van der Waals surface area contributed by atoms with E-state index in [1.54, 1.807) is 6.07 Å². The summed E-state index contributed by atoms with van der Waals surface area (Å²) >= 11 is 13.1. The fourth-order valence-corrected chi connectivity index (χ4v) is 6.46. The number of ketones is 2. The molecule has 0 saturated heterocycles. The molecule has 0 spiro atoms. The summed E-state index contributed by atoms with van der Waals surface area (Å²) in [4.78, 5) is 29.8. The van der Waals surface area contributed by atoms with Crippen molar-refractivity contribution in [3.05, 3.63) is 50.3 Å². The van der Waals surface area contributed by atoms with E-state index < -0.39 is 5.92 Å². The Hall–Kier alpha value is -1.78. The van der Waals surface area contributed by atoms with Crippen LogP contribution in [0.3, 0.4) is 0 Å². The number of carbonyl (C=O) groups excluding carboxylic acids is 2. The van der Waals surface area contributed by atoms with Gasteiger partial charge in [0.15, 0.2) is 11.6 Å². The van der Waals surface area contributed by atoms with Crippen LogP contribution in [0, 0.1) is 10.8 Å². The number of carbonyl (C=O) groups is 2. The maximum absolute atomic E-state index is 13.8. The van der Waals surface area contributed by atoms with E-state index in [1.165, 1.54) is 0 Å². The van der Waals surface area contributed by atoms with Crippen LogP contribution in [0.2, 0.25) is 10.0 Å². The Balaban J connectivity index is 2.04. The molecular weight excluding hydrogens is 469 g/mol. The molecule has 0 atom stereocenters. The molecule has 1 aromatic carbocycles. The second-order valence-electron chi connectivity index (χ2n) is 11.4. The molecule has 1 heterocycles. The van der Waals surface area contributed by atoms with Crippen molar-refractivity contribution in [2.45, 2.75) is 79.6 Å². The van der Waals surface area contributed by atoms with Gasteiger partial charge in [-0.05, 0) is 49.1 Å². The lowest BCUT2D eigenvalue weighted by atomic mass is 9.63. The molecule has 0 aromatic heterocycles. The Morgan fingerprint density at radius 2 is 1.44 bits per heavy atom. The number of rotatable bonds is 5. The monoisotopic (exact) mass is 503 g/mol. The van der Waals surface area contributed by atoms with Crippen LogP contribution in [0.1, 0.15) is 85.1 Å². The van der Waals surface area contributed by atoms with Gasteiger partial charge in [0.05, 0.1) is 11.6 Å². The Bertz CT molecular complexity index is 1060. The van der Waals surface area contributed by atoms with Gasteiger partial charge in [0.25, 0.3) is 0 Å². The third-order valence-electron chi connectivity index (χ3n) is 7.14. The molecule has 0 saturated carbocycles. The zero-order chi connectivity index (χ0) is 25.0. The van der Waals surface area contributed by atoms with E-state index in [-0.39, 0.29) is 22.4 Å². The minimum atomic E-state index is -0.511. The highest BCUT2D eigenvalue weighted by Crippen LogP contribution is 2.56. The van der Waals surface area contributed by atoms with Crippen molar-refractivity contribution < 1.29 is 14.3 Å². The SMILES string of the molecule is CCCOc1c(Cl)cc(Cl)cc1C1C2=C(CC(C)(C)CC2=O)N(CC)C2=C1C(=O)CC(C)(C)C2. The quantitative estimate of drug-likeness (QED) is 0.417. The van der Waals surface area contributed by atoms with E-state index in [4.69, 9.17) is 27.9 Å². The molecule has 0 amide bonds. The number of benzene rings is 1. The van der Waals surface area contributed by atoms with Gasteiger partial charge in [-0.25, -0.2) is 0 Å². The number of hydrogen-bond acceptors (Lipinski definition) is 4. The highest BCUT2D eigenvalue weighted by Gasteiger charge is 2.49. The van der Waals surface area contributed by atoms with Crippen molar-refractivity contribution in [1.82, 2.24) is 4.90 Å². The van der Waals surface area contributed by atoms with E-state index in [2.05, 4.69) is 39.5 Å². The second kappa shape index (κ2) is 9.02. The Labute approximate surface area is 213 Å². The van der Waals surface area contributed by atoms with Crippen molar-refractivity contribution in [2.24, 2.45) is 10.8 Å². The third kappa shape index (κ3) is 4.44. The Kier molecular flexibility index (Phi) is 6.72. The number of nitrogens with zero attached hydrogens (tertiary/aromatic N) is 1. The summed E-state index contributed by atoms with van der Waals surface area (Å²) in [6.07, 6.45) is 3.27. The summed E-state index contributed by atoms with van der Waals surface area (Å²) < 4.78 is 6.12. The minimum absolute atomic E-state index is 0.0939. The predicted octanol–water partition coefficient (Wildman–Crippen LogP) is 7.49. The molecule has 4 nitrogen and oxygen atoms in total. The summed E-state index contributed by atoms with van der Waals surface area (Å²) in [5.41, 5.74) is 3.94. The molecule has 3 aliphatic rings. The van der Waals surface area contributed by atoms with Gasteiger partial charge >= 0.3 is 0 Å². The summed E-state index contributed by atoms with van der Waals surface area (Å²) in [5.74, 6) is 0.202. The van der Waals surface area contributed by atoms with Crippen LogP contribution < -0.4 is 4.74 Å². The molecule has 0 bridgehead atoms. The number of halogens is 2. The van der Waals surface area contributed by atoms with Gasteiger partial charge in [0.1, 0.15) is 5.75 Å². The van der Waals surface area contributed by atoms with Gasteiger partial charge in [0.2, 0.25) is 0 Å². The summed E-state index contributed by atoms with van der Waals surface area (Å²) in [6.45, 7) is 13.9. The van der Waals surface area contributed by atoms with Gasteiger partial charge in [-0.1, -0.05) is 57.8 Å². The van der Waals surface area contributed by atoms with Crippen molar-refractivity contribution >= 4 is 34.8 Å². The lowest BCUT2D eigenvalue weighted by molar-refractivity contribution is -0.119. The maximum Gasteiger partial charge on any atom is 0.162 e. The number of ether oxygens (including phenoxy) is 1. The lowest BCUT2D eigenvalue weighted by Crippen LogP contribution is -2.44. The largest absolute Gasteiger partial charge is 0.492 e. The van der Waals surface area contributed by atoms with Crippen LogP contribution in [-0.2, 0) is 9.59 Å². The fourth-order valence-electron chi connectivity index (χ4n) is 5.89. The van der Waals surface area contributed by atoms with Gasteiger partial charge in [-0.3, -0.25) is 9.59 Å². The van der Waals surface area contributed by atoms with Crippen LogP contribution in [0.5, 0.6) is 5.75 Å². The van der Waals surface area contributed by atoms with E-state index in [0.29, 0.717) is 52.9 Å². The molecule has 1 aliphatic heterocycles. The highest BCUT2D eigenvalue weighted by molar-refractivity contribution is 6.35. The summed E-state index contributed by atoms with van der Waals surface area (Å²) in [6, 6.07) is 3.50. The van der Waals surface area contributed by atoms with Gasteiger partial charge < -0.3 is 9.64 Å². The molecule has 34 heavy (non-hydrogen) atoms. The fraction of sp³-hybridized carbons (Fsp3) is 0.571. The first-order valence-corrected chi connectivity index (χ1v) is 13.1. The minimum Gasteiger partial charge on any atom is -0.492 e. The van der Waals surface area contributed by atoms with Crippen molar-refractivity contribution in [2.75, 3.05) is 13.2 Å². The first-order chi connectivity index (χ1) is 15.9. The molecule has 0 N–H and O–H groups in total. The van der Waals surface area contributed by atoms with E-state index >= 15 is 0 Å². The smallest absolute Gasteiger partial charge is 0.162 e. The van der Waals surface area contributed by atoms with Crippen molar-refractivity contribution in [3.8, 4) is 5.75 Å². The lowest BCUT2D eigenvalue weighted by Gasteiger charge is -2.49. The van der Waals surface area contributed by atoms with Gasteiger partial charge in [0, 0.05) is 58.4 Å². The van der Waals surface area contributed by atoms with Gasteiger partial charge in [-0.2, -0.15) is 0 Å².